The third-order valence-corrected chi connectivity index (χ3v) is 3.53. The van der Waals surface area contributed by atoms with Gasteiger partial charge in [0.1, 0.15) is 11.5 Å². The molecule has 0 N–H and O–H groups in total. The van der Waals surface area contributed by atoms with E-state index in [2.05, 4.69) is 4.90 Å². The van der Waals surface area contributed by atoms with Gasteiger partial charge in [-0.1, -0.05) is 11.6 Å². The Labute approximate surface area is 106 Å². The van der Waals surface area contributed by atoms with Crippen molar-refractivity contribution in [2.45, 2.75) is 19.8 Å². The van der Waals surface area contributed by atoms with Gasteiger partial charge in [0.2, 0.25) is 0 Å². The summed E-state index contributed by atoms with van der Waals surface area (Å²) in [5.74, 6) is 1.11. The summed E-state index contributed by atoms with van der Waals surface area (Å²) in [6, 6.07) is 3.86. The maximum Gasteiger partial charge on any atom is 0.143 e. The zero-order valence-electron chi connectivity index (χ0n) is 10.1. The summed E-state index contributed by atoms with van der Waals surface area (Å²) in [7, 11) is 1.64. The van der Waals surface area contributed by atoms with E-state index in [1.165, 1.54) is 0 Å². The molecule has 0 aliphatic carbocycles. The molecule has 0 aromatic heterocycles. The number of methoxy groups -OCH3 is 1. The topological polar surface area (TPSA) is 29.5 Å². The molecule has 0 saturated carbocycles. The lowest BCUT2D eigenvalue weighted by molar-refractivity contribution is -0.119. The van der Waals surface area contributed by atoms with E-state index in [1.807, 2.05) is 19.1 Å². The minimum atomic E-state index is 0.339. The number of carbonyl (C=O) groups excluding carboxylic acids is 1. The minimum absolute atomic E-state index is 0.339. The van der Waals surface area contributed by atoms with E-state index in [0.29, 0.717) is 23.6 Å². The largest absolute Gasteiger partial charge is 0.495 e. The molecule has 0 bridgehead atoms. The Morgan fingerprint density at radius 3 is 2.53 bits per heavy atom. The standard InChI is InChI=1S/C13H16ClNO2/c1-9-7-12(13(17-2)8-11(9)14)15-5-3-10(16)4-6-15/h7-8H,3-6H2,1-2H3. The second kappa shape index (κ2) is 4.96. The first kappa shape index (κ1) is 12.2. The zero-order chi connectivity index (χ0) is 12.4. The Kier molecular flexibility index (Phi) is 3.57. The number of halogens is 1. The van der Waals surface area contributed by atoms with E-state index < -0.39 is 0 Å². The lowest BCUT2D eigenvalue weighted by Gasteiger charge is -2.29. The number of anilines is 1. The number of carbonyl (C=O) groups is 1. The highest BCUT2D eigenvalue weighted by molar-refractivity contribution is 6.31. The van der Waals surface area contributed by atoms with Crippen LogP contribution in [0.4, 0.5) is 5.69 Å². The molecule has 0 atom stereocenters. The normalized spacial score (nSPS) is 16.2. The Bertz CT molecular complexity index is 435. The van der Waals surface area contributed by atoms with Gasteiger partial charge in [-0.15, -0.1) is 0 Å². The lowest BCUT2D eigenvalue weighted by atomic mass is 10.1. The van der Waals surface area contributed by atoms with Crippen LogP contribution < -0.4 is 9.64 Å². The molecule has 0 amide bonds. The summed E-state index contributed by atoms with van der Waals surface area (Å²) >= 11 is 6.07. The molecule has 0 radical (unpaired) electrons. The molecule has 1 saturated heterocycles. The molecule has 3 nitrogen and oxygen atoms in total. The monoisotopic (exact) mass is 253 g/mol. The van der Waals surface area contributed by atoms with Gasteiger partial charge in [0.15, 0.2) is 0 Å². The number of ketones is 1. The number of rotatable bonds is 2. The summed E-state index contributed by atoms with van der Waals surface area (Å²) in [4.78, 5) is 13.4. The fourth-order valence-corrected chi connectivity index (χ4v) is 2.21. The van der Waals surface area contributed by atoms with Gasteiger partial charge in [0.25, 0.3) is 0 Å². The first-order valence-corrected chi connectivity index (χ1v) is 6.10. The second-order valence-corrected chi connectivity index (χ2v) is 4.71. The van der Waals surface area contributed by atoms with Crippen molar-refractivity contribution in [2.75, 3.05) is 25.1 Å². The first-order chi connectivity index (χ1) is 8.11. The molecule has 1 fully saturated rings. The van der Waals surface area contributed by atoms with Crippen LogP contribution in [0.25, 0.3) is 0 Å². The van der Waals surface area contributed by atoms with Gasteiger partial charge in [-0.05, 0) is 18.6 Å². The Hall–Kier alpha value is -1.22. The van der Waals surface area contributed by atoms with Crippen LogP contribution in [-0.4, -0.2) is 26.0 Å². The van der Waals surface area contributed by atoms with Gasteiger partial charge < -0.3 is 9.64 Å². The van der Waals surface area contributed by atoms with Crippen molar-refractivity contribution < 1.29 is 9.53 Å². The summed E-state index contributed by atoms with van der Waals surface area (Å²) in [6.07, 6.45) is 1.23. The molecule has 2 rings (SSSR count). The molecule has 4 heteroatoms. The molecule has 0 spiro atoms. The summed E-state index contributed by atoms with van der Waals surface area (Å²) < 4.78 is 5.35. The second-order valence-electron chi connectivity index (χ2n) is 4.30. The van der Waals surface area contributed by atoms with Crippen molar-refractivity contribution >= 4 is 23.1 Å². The van der Waals surface area contributed by atoms with Gasteiger partial charge in [-0.3, -0.25) is 4.79 Å². The van der Waals surface area contributed by atoms with Crippen molar-refractivity contribution in [3.8, 4) is 5.75 Å². The van der Waals surface area contributed by atoms with Crippen LogP contribution in [0.1, 0.15) is 18.4 Å². The Morgan fingerprint density at radius 2 is 1.94 bits per heavy atom. The molecular weight excluding hydrogens is 238 g/mol. The zero-order valence-corrected chi connectivity index (χ0v) is 10.9. The first-order valence-electron chi connectivity index (χ1n) is 5.72. The summed E-state index contributed by atoms with van der Waals surface area (Å²) in [6.45, 7) is 3.49. The van der Waals surface area contributed by atoms with Gasteiger partial charge in [0.05, 0.1) is 12.8 Å². The van der Waals surface area contributed by atoms with Crippen molar-refractivity contribution in [2.24, 2.45) is 0 Å². The third-order valence-electron chi connectivity index (χ3n) is 3.12. The van der Waals surface area contributed by atoms with E-state index in [0.717, 1.165) is 30.1 Å². The van der Waals surface area contributed by atoms with E-state index in [-0.39, 0.29) is 0 Å². The van der Waals surface area contributed by atoms with Gasteiger partial charge in [0, 0.05) is 37.0 Å². The predicted molar refractivity (Wildman–Crippen MR) is 69.2 cm³/mol. The van der Waals surface area contributed by atoms with Crippen molar-refractivity contribution in [3.05, 3.63) is 22.7 Å². The van der Waals surface area contributed by atoms with E-state index in [4.69, 9.17) is 16.3 Å². The maximum absolute atomic E-state index is 11.2. The molecule has 1 aliphatic rings. The number of Topliss-reactive ketones (excluding diaryl/α,β-unsaturated/α-hetero) is 1. The number of ether oxygens (including phenoxy) is 1. The van der Waals surface area contributed by atoms with Crippen molar-refractivity contribution in [3.63, 3.8) is 0 Å². The van der Waals surface area contributed by atoms with Crippen molar-refractivity contribution in [1.29, 1.82) is 0 Å². The average Bonchev–Trinajstić information content (AvgIpc) is 2.33. The van der Waals surface area contributed by atoms with E-state index >= 15 is 0 Å². The van der Waals surface area contributed by atoms with Crippen LogP contribution in [0.3, 0.4) is 0 Å². The van der Waals surface area contributed by atoms with E-state index in [9.17, 15) is 4.79 Å². The fraction of sp³-hybridized carbons (Fsp3) is 0.462. The average molecular weight is 254 g/mol. The molecule has 1 aliphatic heterocycles. The smallest absolute Gasteiger partial charge is 0.143 e. The molecule has 1 aromatic rings. The quantitative estimate of drug-likeness (QED) is 0.812. The van der Waals surface area contributed by atoms with Crippen LogP contribution in [0, 0.1) is 6.92 Å². The van der Waals surface area contributed by atoms with Gasteiger partial charge in [-0.2, -0.15) is 0 Å². The molecule has 0 unspecified atom stereocenters. The highest BCUT2D eigenvalue weighted by atomic mass is 35.5. The maximum atomic E-state index is 11.2. The number of hydrogen-bond donors (Lipinski definition) is 0. The van der Waals surface area contributed by atoms with E-state index in [1.54, 1.807) is 7.11 Å². The van der Waals surface area contributed by atoms with Crippen LogP contribution in [0.5, 0.6) is 5.75 Å². The molecular formula is C13H16ClNO2. The number of nitrogens with zero attached hydrogens (tertiary/aromatic N) is 1. The number of aryl methyl sites for hydroxylation is 1. The van der Waals surface area contributed by atoms with Crippen LogP contribution in [-0.2, 0) is 4.79 Å². The molecule has 1 heterocycles. The number of hydrogen-bond acceptors (Lipinski definition) is 3. The van der Waals surface area contributed by atoms with Crippen LogP contribution >= 0.6 is 11.6 Å². The SMILES string of the molecule is COc1cc(Cl)c(C)cc1N1CCC(=O)CC1. The highest BCUT2D eigenvalue weighted by Gasteiger charge is 2.20. The third kappa shape index (κ3) is 2.55. The summed E-state index contributed by atoms with van der Waals surface area (Å²) in [5.41, 5.74) is 2.06. The Morgan fingerprint density at radius 1 is 1.29 bits per heavy atom. The summed E-state index contributed by atoms with van der Waals surface area (Å²) in [5, 5.41) is 0.707. The Balaban J connectivity index is 2.30. The molecule has 1 aromatic carbocycles. The van der Waals surface area contributed by atoms with Crippen LogP contribution in [0.15, 0.2) is 12.1 Å². The van der Waals surface area contributed by atoms with Gasteiger partial charge in [-0.25, -0.2) is 0 Å². The highest BCUT2D eigenvalue weighted by Crippen LogP contribution is 2.34. The predicted octanol–water partition coefficient (Wildman–Crippen LogP) is 2.83. The number of benzene rings is 1. The van der Waals surface area contributed by atoms with Gasteiger partial charge >= 0.3 is 0 Å². The fourth-order valence-electron chi connectivity index (χ4n) is 2.06. The number of piperidine rings is 1. The van der Waals surface area contributed by atoms with Crippen LogP contribution in [0.2, 0.25) is 5.02 Å². The molecule has 17 heavy (non-hydrogen) atoms. The minimum Gasteiger partial charge on any atom is -0.495 e. The van der Waals surface area contributed by atoms with Crippen molar-refractivity contribution in [1.82, 2.24) is 0 Å². The molecule has 92 valence electrons. The lowest BCUT2D eigenvalue weighted by Crippen LogP contribution is -2.34.